The van der Waals surface area contributed by atoms with Crippen molar-refractivity contribution >= 4 is 174 Å². The number of hydrogen-bond acceptors (Lipinski definition) is 1. The Bertz CT molecular complexity index is 10000. The van der Waals surface area contributed by atoms with Crippen LogP contribution in [-0.4, -0.2) is 41.5 Å². The molecule has 29 aromatic rings. The molecule has 0 amide bonds. The van der Waals surface area contributed by atoms with Crippen LogP contribution in [0.3, 0.4) is 0 Å². The molecule has 0 fully saturated rings. The fourth-order valence-electron chi connectivity index (χ4n) is 23.0. The van der Waals surface area contributed by atoms with Gasteiger partial charge in [-0.15, -0.1) is 0 Å². The van der Waals surface area contributed by atoms with Crippen molar-refractivity contribution in [1.82, 2.24) is 41.5 Å². The summed E-state index contributed by atoms with van der Waals surface area (Å²) in [7, 11) is 0. The first-order valence-electron chi connectivity index (χ1n) is 46.1. The summed E-state index contributed by atoms with van der Waals surface area (Å²) in [6, 6.07) is 173. The number of benzene rings is 20. The summed E-state index contributed by atoms with van der Waals surface area (Å²) in [5.41, 5.74) is 34.9. The number of para-hydroxylation sites is 12. The van der Waals surface area contributed by atoms with E-state index in [1.807, 2.05) is 0 Å². The maximum absolute atomic E-state index is 5.76. The van der Waals surface area contributed by atoms with E-state index in [0.29, 0.717) is 0 Å². The second-order valence-electron chi connectivity index (χ2n) is 35.7. The fourth-order valence-corrected chi connectivity index (χ4v) is 23.0. The number of nitrogens with zero attached hydrogens (tertiary/aromatic N) is 9. The van der Waals surface area contributed by atoms with Crippen molar-refractivity contribution in [3.8, 4) is 90.3 Å². The first-order chi connectivity index (χ1) is 66.5. The lowest BCUT2D eigenvalue weighted by Gasteiger charge is -2.17. The van der Waals surface area contributed by atoms with Gasteiger partial charge in [0, 0.05) is 143 Å². The Balaban J connectivity index is 0.630. The summed E-state index contributed by atoms with van der Waals surface area (Å²) in [4.78, 5) is 5.76. The highest BCUT2D eigenvalue weighted by atomic mass is 15.1. The smallest absolute Gasteiger partial charge is 0.0788 e. The topological polar surface area (TPSA) is 52.3 Å². The second kappa shape index (κ2) is 28.7. The molecule has 0 aliphatic carbocycles. The molecule has 0 unspecified atom stereocenters. The molecule has 9 heterocycles. The highest BCUT2D eigenvalue weighted by Gasteiger charge is 2.29. The lowest BCUT2D eigenvalue weighted by atomic mass is 9.98. The van der Waals surface area contributed by atoms with Gasteiger partial charge in [0.1, 0.15) is 0 Å². The van der Waals surface area contributed by atoms with Gasteiger partial charge in [-0.1, -0.05) is 285 Å². The Labute approximate surface area is 768 Å². The first kappa shape index (κ1) is 73.9. The van der Waals surface area contributed by atoms with Crippen LogP contribution in [0.15, 0.2) is 467 Å². The largest absolute Gasteiger partial charge is 0.309 e. The van der Waals surface area contributed by atoms with Crippen molar-refractivity contribution in [2.45, 2.75) is 0 Å². The average molecular weight is 1710 g/mol. The molecule has 622 valence electrons. The van der Waals surface area contributed by atoms with E-state index in [2.05, 4.69) is 504 Å². The fraction of sp³-hybridized carbons (Fsp3) is 0. The Morgan fingerprint density at radius 1 is 0.119 bits per heavy atom. The van der Waals surface area contributed by atoms with E-state index >= 15 is 0 Å². The van der Waals surface area contributed by atoms with Crippen LogP contribution >= 0.6 is 0 Å². The molecule has 0 bridgehead atoms. The molecule has 9 heteroatoms. The molecule has 0 aliphatic heterocycles. The summed E-state index contributed by atoms with van der Waals surface area (Å²) in [5, 5.41) is 19.1. The molecule has 9 aromatic heterocycles. The molecular weight excluding hydrogens is 1630 g/mol. The molecule has 134 heavy (non-hydrogen) atoms. The minimum Gasteiger partial charge on any atom is -0.309 e. The van der Waals surface area contributed by atoms with Crippen molar-refractivity contribution in [3.05, 3.63) is 467 Å². The Morgan fingerprint density at radius 2 is 0.366 bits per heavy atom. The molecule has 0 saturated carbocycles. The van der Waals surface area contributed by atoms with Gasteiger partial charge in [0.15, 0.2) is 0 Å². The molecule has 20 aromatic carbocycles. The molecular formula is C125H77N9. The van der Waals surface area contributed by atoms with Gasteiger partial charge in [-0.05, 0) is 204 Å². The van der Waals surface area contributed by atoms with Crippen molar-refractivity contribution in [2.24, 2.45) is 0 Å². The van der Waals surface area contributed by atoms with Gasteiger partial charge in [0.2, 0.25) is 0 Å². The molecule has 0 spiro atoms. The highest BCUT2D eigenvalue weighted by Crippen LogP contribution is 2.50. The lowest BCUT2D eigenvalue weighted by molar-refractivity contribution is 1.13. The molecule has 0 radical (unpaired) electrons. The third kappa shape index (κ3) is 10.8. The van der Waals surface area contributed by atoms with Crippen LogP contribution in [0.4, 0.5) is 0 Å². The zero-order valence-electron chi connectivity index (χ0n) is 72.5. The molecule has 0 aliphatic rings. The maximum atomic E-state index is 5.76. The van der Waals surface area contributed by atoms with Gasteiger partial charge >= 0.3 is 0 Å². The lowest BCUT2D eigenvalue weighted by Crippen LogP contribution is -2.02. The van der Waals surface area contributed by atoms with Crippen LogP contribution < -0.4 is 0 Å². The van der Waals surface area contributed by atoms with Crippen LogP contribution in [0.1, 0.15) is 0 Å². The molecule has 0 N–H and O–H groups in total. The third-order valence-electron chi connectivity index (χ3n) is 28.5. The maximum Gasteiger partial charge on any atom is 0.0788 e. The summed E-state index contributed by atoms with van der Waals surface area (Å²) in [6.45, 7) is 0. The monoisotopic (exact) mass is 1700 g/mol. The van der Waals surface area contributed by atoms with Crippen molar-refractivity contribution < 1.29 is 0 Å². The minimum atomic E-state index is 0.868. The third-order valence-corrected chi connectivity index (χ3v) is 28.5. The summed E-state index contributed by atoms with van der Waals surface area (Å²) >= 11 is 0. The zero-order chi connectivity index (χ0) is 87.5. The Kier molecular flexibility index (Phi) is 15.8. The summed E-state index contributed by atoms with van der Waals surface area (Å²) in [5.74, 6) is 0. The normalized spacial score (nSPS) is 12.2. The van der Waals surface area contributed by atoms with E-state index in [-0.39, 0.29) is 0 Å². The van der Waals surface area contributed by atoms with Gasteiger partial charge in [0.25, 0.3) is 0 Å². The first-order valence-corrected chi connectivity index (χ1v) is 46.1. The second-order valence-corrected chi connectivity index (χ2v) is 35.7. The SMILES string of the molecule is c1ccc(-n2c3ccccc3c3cc4c(cc32)c2ccccc2n4-c2cc(-c3cccc(-c4cccc(-c5cccc(-c6cc(-n7c8ccccc8c8ccc9c(c%10ccccc%10n9-c9ccccc9)c87)cc(-n7c8ccccc8c8ccc9c%10ccccc%10n(-c%10ccccc%10)c9c87)c6)c5)n4)c3)cc(-n3c4ccccc4c4c3ccc3c5ccccc5n(-c5ccccc5)c34)c2)cc1. The van der Waals surface area contributed by atoms with Crippen LogP contribution in [0.25, 0.3) is 265 Å². The van der Waals surface area contributed by atoms with Crippen molar-refractivity contribution in [1.29, 1.82) is 0 Å². The standard InChI is InChI=1S/C125H77N9/c1-5-36-84(37-6-1)127-114-60-27-19-50-102(114)120-116(127)66-64-99-93-45-14-25-58-112(93)133(123(99)120)90-72-83(73-91(75-90)134-113-59-26-16-47-95(113)101-63-62-100-94-46-15-24-57-111(94)132(124(100)125(101)134)87-42-11-4-12-43-87)79-33-30-35-81(69-79)107-53-31-52-106(126-107)80-34-29-32-78(68-80)82-70-88(129-115-61-28-20-51-103(115)121-117(129)67-65-98-92-44-13-23-56-110(92)131(122(98)121)86-40-9-3-10-41-86)74-89(71-82)130-109-55-22-18-49-97(109)105-76-118-104(77-119(105)130)96-48-17-21-54-108(96)128(118)85-38-7-2-8-39-85/h1-77H. The van der Waals surface area contributed by atoms with E-state index in [4.69, 9.17) is 4.98 Å². The van der Waals surface area contributed by atoms with E-state index in [9.17, 15) is 0 Å². The van der Waals surface area contributed by atoms with Gasteiger partial charge in [-0.3, -0.25) is 0 Å². The zero-order valence-corrected chi connectivity index (χ0v) is 72.5. The average Bonchev–Trinajstić information content (AvgIpc) is 2.13. The molecule has 29 rings (SSSR count). The highest BCUT2D eigenvalue weighted by molar-refractivity contribution is 6.30. The van der Waals surface area contributed by atoms with Crippen molar-refractivity contribution in [2.75, 3.05) is 0 Å². The predicted octanol–water partition coefficient (Wildman–Crippen LogP) is 32.5. The predicted molar refractivity (Wildman–Crippen MR) is 561 cm³/mol. The van der Waals surface area contributed by atoms with Gasteiger partial charge in [0.05, 0.1) is 99.7 Å². The van der Waals surface area contributed by atoms with Gasteiger partial charge in [-0.2, -0.15) is 0 Å². The van der Waals surface area contributed by atoms with E-state index in [0.717, 1.165) is 162 Å². The molecule has 0 saturated heterocycles. The van der Waals surface area contributed by atoms with Crippen LogP contribution in [0.2, 0.25) is 0 Å². The number of aromatic nitrogens is 9. The minimum absolute atomic E-state index is 0.868. The number of fused-ring (bicyclic) bond motifs is 27. The molecule has 0 atom stereocenters. The Morgan fingerprint density at radius 3 is 0.746 bits per heavy atom. The van der Waals surface area contributed by atoms with Gasteiger partial charge < -0.3 is 36.5 Å². The van der Waals surface area contributed by atoms with Crippen LogP contribution in [0.5, 0.6) is 0 Å². The van der Waals surface area contributed by atoms with E-state index in [1.165, 1.54) is 103 Å². The number of pyridine rings is 1. The van der Waals surface area contributed by atoms with Crippen LogP contribution in [0, 0.1) is 0 Å². The quantitative estimate of drug-likeness (QED) is 0.120. The van der Waals surface area contributed by atoms with E-state index in [1.54, 1.807) is 0 Å². The number of rotatable bonds is 12. The summed E-state index contributed by atoms with van der Waals surface area (Å²) in [6.07, 6.45) is 0. The Hall–Kier alpha value is -18.1. The van der Waals surface area contributed by atoms with Crippen LogP contribution in [-0.2, 0) is 0 Å². The summed E-state index contributed by atoms with van der Waals surface area (Å²) < 4.78 is 20.0. The van der Waals surface area contributed by atoms with Crippen molar-refractivity contribution in [3.63, 3.8) is 0 Å². The van der Waals surface area contributed by atoms with Gasteiger partial charge in [-0.25, -0.2) is 4.98 Å². The van der Waals surface area contributed by atoms with E-state index < -0.39 is 0 Å². The molecule has 9 nitrogen and oxygen atoms in total. The number of hydrogen-bond donors (Lipinski definition) is 0.